The minimum absolute atomic E-state index is 0.00276. The lowest BCUT2D eigenvalue weighted by Crippen LogP contribution is -2.29. The fourth-order valence-corrected chi connectivity index (χ4v) is 3.88. The van der Waals surface area contributed by atoms with Crippen LogP contribution in [0.4, 0.5) is 0 Å². The number of ether oxygens (including phenoxy) is 1. The quantitative estimate of drug-likeness (QED) is 0.688. The third-order valence-corrected chi connectivity index (χ3v) is 5.41. The third kappa shape index (κ3) is 2.99. The minimum atomic E-state index is 0.00276. The Balaban J connectivity index is 1.99. The number of rotatable bonds is 5. The van der Waals surface area contributed by atoms with Crippen LogP contribution in [-0.4, -0.2) is 26.6 Å². The van der Waals surface area contributed by atoms with E-state index in [0.29, 0.717) is 17.5 Å². The molecule has 3 aromatic rings. The van der Waals surface area contributed by atoms with Crippen molar-refractivity contribution in [2.45, 2.75) is 46.1 Å². The number of methoxy groups -OCH3 is 1. The first-order valence-corrected chi connectivity index (χ1v) is 9.45. The zero-order chi connectivity index (χ0) is 19.1. The number of nitrogens with zero attached hydrogens (tertiary/aromatic N) is 4. The highest BCUT2D eigenvalue weighted by molar-refractivity contribution is 5.90. The van der Waals surface area contributed by atoms with Gasteiger partial charge in [0.25, 0.3) is 5.56 Å². The normalized spacial score (nSPS) is 15.1. The molecule has 0 saturated heterocycles. The molecule has 0 spiro atoms. The lowest BCUT2D eigenvalue weighted by Gasteiger charge is -2.21. The van der Waals surface area contributed by atoms with Gasteiger partial charge in [-0.25, -0.2) is 9.97 Å². The fraction of sp³-hybridized carbons (Fsp3) is 0.429. The molecular weight excluding hydrogens is 340 g/mol. The molecule has 0 unspecified atom stereocenters. The maximum Gasteiger partial charge on any atom is 0.272 e. The van der Waals surface area contributed by atoms with Crippen molar-refractivity contribution in [1.29, 1.82) is 0 Å². The fourth-order valence-electron chi connectivity index (χ4n) is 3.88. The zero-order valence-electron chi connectivity index (χ0n) is 16.2. The van der Waals surface area contributed by atoms with Gasteiger partial charge >= 0.3 is 0 Å². The summed E-state index contributed by atoms with van der Waals surface area (Å²) in [6.07, 6.45) is 5.07. The maximum absolute atomic E-state index is 13.0. The van der Waals surface area contributed by atoms with E-state index in [2.05, 4.69) is 21.9 Å². The third-order valence-electron chi connectivity index (χ3n) is 5.41. The second kappa shape index (κ2) is 6.76. The van der Waals surface area contributed by atoms with Crippen LogP contribution in [0.5, 0.6) is 5.88 Å². The predicted octanol–water partition coefficient (Wildman–Crippen LogP) is 3.84. The van der Waals surface area contributed by atoms with Crippen LogP contribution in [0.2, 0.25) is 0 Å². The first kappa shape index (κ1) is 17.6. The molecule has 1 saturated carbocycles. The van der Waals surface area contributed by atoms with Gasteiger partial charge in [-0.15, -0.1) is 0 Å². The molecule has 0 aliphatic heterocycles. The molecule has 1 aliphatic rings. The molecule has 3 aromatic heterocycles. The summed E-state index contributed by atoms with van der Waals surface area (Å²) >= 11 is 0. The maximum atomic E-state index is 13.0. The molecule has 3 heterocycles. The molecule has 6 heteroatoms. The molecule has 0 bridgehead atoms. The standard InChI is InChI=1S/C21H24N4O2/c1-5-16(14-6-7-14)25-17-10-11-22-19(20(17)24-13(3)21(25)26)15-8-9-18(27-4)23-12(15)2/h8-11,14,16H,5-7H2,1-4H3/t16-/m0/s1. The van der Waals surface area contributed by atoms with Crippen LogP contribution < -0.4 is 10.3 Å². The van der Waals surface area contributed by atoms with Gasteiger partial charge in [-0.05, 0) is 51.2 Å². The summed E-state index contributed by atoms with van der Waals surface area (Å²) in [6.45, 7) is 5.87. The first-order valence-electron chi connectivity index (χ1n) is 9.45. The van der Waals surface area contributed by atoms with Crippen molar-refractivity contribution >= 4 is 11.0 Å². The molecule has 6 nitrogen and oxygen atoms in total. The Kier molecular flexibility index (Phi) is 4.42. The van der Waals surface area contributed by atoms with Gasteiger partial charge in [0.15, 0.2) is 0 Å². The topological polar surface area (TPSA) is 69.9 Å². The lowest BCUT2D eigenvalue weighted by molar-refractivity contribution is 0.397. The molecule has 0 aromatic carbocycles. The van der Waals surface area contributed by atoms with E-state index in [9.17, 15) is 4.79 Å². The zero-order valence-corrected chi connectivity index (χ0v) is 16.2. The second-order valence-corrected chi connectivity index (χ2v) is 7.20. The van der Waals surface area contributed by atoms with E-state index in [1.807, 2.05) is 29.7 Å². The Morgan fingerprint density at radius 3 is 2.59 bits per heavy atom. The van der Waals surface area contributed by atoms with E-state index < -0.39 is 0 Å². The average Bonchev–Trinajstić information content (AvgIpc) is 3.50. The van der Waals surface area contributed by atoms with Gasteiger partial charge in [-0.3, -0.25) is 9.78 Å². The Morgan fingerprint density at radius 1 is 1.19 bits per heavy atom. The van der Waals surface area contributed by atoms with E-state index in [4.69, 9.17) is 4.74 Å². The highest BCUT2D eigenvalue weighted by atomic mass is 16.5. The molecule has 1 aliphatic carbocycles. The molecular formula is C21H24N4O2. The predicted molar refractivity (Wildman–Crippen MR) is 105 cm³/mol. The number of aryl methyl sites for hydroxylation is 2. The van der Waals surface area contributed by atoms with Crippen molar-refractivity contribution in [3.05, 3.63) is 46.1 Å². The Labute approximate surface area is 158 Å². The largest absolute Gasteiger partial charge is 0.481 e. The van der Waals surface area contributed by atoms with Gasteiger partial charge in [-0.1, -0.05) is 6.92 Å². The molecule has 0 N–H and O–H groups in total. The molecule has 27 heavy (non-hydrogen) atoms. The van der Waals surface area contributed by atoms with Crippen molar-refractivity contribution in [3.8, 4) is 17.1 Å². The summed E-state index contributed by atoms with van der Waals surface area (Å²) in [5.74, 6) is 1.15. The smallest absolute Gasteiger partial charge is 0.272 e. The van der Waals surface area contributed by atoms with Crippen LogP contribution in [-0.2, 0) is 0 Å². The Bertz CT molecular complexity index is 1070. The number of aromatic nitrogens is 4. The van der Waals surface area contributed by atoms with E-state index in [1.165, 1.54) is 12.8 Å². The number of pyridine rings is 2. The van der Waals surface area contributed by atoms with Crippen molar-refractivity contribution in [1.82, 2.24) is 19.5 Å². The van der Waals surface area contributed by atoms with Gasteiger partial charge in [0.2, 0.25) is 5.88 Å². The van der Waals surface area contributed by atoms with E-state index in [-0.39, 0.29) is 11.6 Å². The Morgan fingerprint density at radius 2 is 1.96 bits per heavy atom. The van der Waals surface area contributed by atoms with Crippen LogP contribution in [0.1, 0.15) is 43.6 Å². The van der Waals surface area contributed by atoms with Gasteiger partial charge in [0.05, 0.1) is 24.0 Å². The van der Waals surface area contributed by atoms with E-state index >= 15 is 0 Å². The van der Waals surface area contributed by atoms with Gasteiger partial charge in [0.1, 0.15) is 11.2 Å². The summed E-state index contributed by atoms with van der Waals surface area (Å²) in [6, 6.07) is 5.90. The van der Waals surface area contributed by atoms with Crippen LogP contribution in [0.15, 0.2) is 29.2 Å². The summed E-state index contributed by atoms with van der Waals surface area (Å²) in [7, 11) is 1.60. The second-order valence-electron chi connectivity index (χ2n) is 7.20. The van der Waals surface area contributed by atoms with Gasteiger partial charge in [0, 0.05) is 23.9 Å². The highest BCUT2D eigenvalue weighted by Gasteiger charge is 2.33. The number of hydrogen-bond donors (Lipinski definition) is 0. The van der Waals surface area contributed by atoms with Crippen LogP contribution in [0.25, 0.3) is 22.3 Å². The summed E-state index contributed by atoms with van der Waals surface area (Å²) < 4.78 is 7.17. The van der Waals surface area contributed by atoms with Crippen molar-refractivity contribution < 1.29 is 4.74 Å². The number of fused-ring (bicyclic) bond motifs is 1. The van der Waals surface area contributed by atoms with Crippen molar-refractivity contribution in [3.63, 3.8) is 0 Å². The summed E-state index contributed by atoms with van der Waals surface area (Å²) in [5.41, 5.74) is 4.59. The monoisotopic (exact) mass is 364 g/mol. The first-order chi connectivity index (χ1) is 13.0. The molecule has 1 atom stereocenters. The SMILES string of the molecule is CC[C@@H](C1CC1)n1c(=O)c(C)nc2c(-c3ccc(OC)nc3C)nccc21. The van der Waals surface area contributed by atoms with Crippen LogP contribution >= 0.6 is 0 Å². The Hall–Kier alpha value is -2.76. The van der Waals surface area contributed by atoms with Crippen LogP contribution in [0, 0.1) is 19.8 Å². The van der Waals surface area contributed by atoms with E-state index in [1.54, 1.807) is 20.2 Å². The summed E-state index contributed by atoms with van der Waals surface area (Å²) in [4.78, 5) is 26.7. The highest BCUT2D eigenvalue weighted by Crippen LogP contribution is 2.42. The van der Waals surface area contributed by atoms with Gasteiger partial charge in [-0.2, -0.15) is 0 Å². The minimum Gasteiger partial charge on any atom is -0.481 e. The molecule has 140 valence electrons. The summed E-state index contributed by atoms with van der Waals surface area (Å²) in [5, 5.41) is 0. The molecule has 1 fully saturated rings. The van der Waals surface area contributed by atoms with Crippen LogP contribution in [0.3, 0.4) is 0 Å². The van der Waals surface area contributed by atoms with E-state index in [0.717, 1.165) is 34.4 Å². The van der Waals surface area contributed by atoms with Gasteiger partial charge < -0.3 is 9.30 Å². The molecule has 0 amide bonds. The van der Waals surface area contributed by atoms with Crippen molar-refractivity contribution in [2.24, 2.45) is 5.92 Å². The van der Waals surface area contributed by atoms with Crippen molar-refractivity contribution in [2.75, 3.05) is 7.11 Å². The number of hydrogen-bond acceptors (Lipinski definition) is 5. The molecule has 0 radical (unpaired) electrons. The lowest BCUT2D eigenvalue weighted by atomic mass is 10.1. The molecule has 4 rings (SSSR count). The average molecular weight is 364 g/mol.